The molecule has 7 heteroatoms. The highest BCUT2D eigenvalue weighted by molar-refractivity contribution is 5.75. The van der Waals surface area contributed by atoms with Gasteiger partial charge in [-0.25, -0.2) is 0 Å². The Labute approximate surface area is 203 Å². The SMILES string of the molecule is CC(=O)O.CCCCCC=CCC=CCCCCCCCC(=O)NCCNCCNCCN. The van der Waals surface area contributed by atoms with Crippen LogP contribution >= 0.6 is 0 Å². The summed E-state index contributed by atoms with van der Waals surface area (Å²) in [6.45, 7) is 8.19. The summed E-state index contributed by atoms with van der Waals surface area (Å²) in [6, 6.07) is 0. The number of amides is 1. The number of carboxylic acids is 1. The zero-order valence-electron chi connectivity index (χ0n) is 21.4. The van der Waals surface area contributed by atoms with Gasteiger partial charge in [-0.05, 0) is 38.5 Å². The van der Waals surface area contributed by atoms with Crippen LogP contribution < -0.4 is 21.7 Å². The molecule has 7 nitrogen and oxygen atoms in total. The highest BCUT2D eigenvalue weighted by atomic mass is 16.4. The number of carboxylic acid groups (broad SMARTS) is 1. The molecule has 6 N–H and O–H groups in total. The van der Waals surface area contributed by atoms with Crippen molar-refractivity contribution in [1.82, 2.24) is 16.0 Å². The molecule has 0 fully saturated rings. The van der Waals surface area contributed by atoms with Crippen molar-refractivity contribution in [3.8, 4) is 0 Å². The van der Waals surface area contributed by atoms with Crippen LogP contribution in [0.2, 0.25) is 0 Å². The van der Waals surface area contributed by atoms with Crippen molar-refractivity contribution >= 4 is 11.9 Å². The quantitative estimate of drug-likeness (QED) is 0.120. The summed E-state index contributed by atoms with van der Waals surface area (Å²) in [5.41, 5.74) is 5.40. The topological polar surface area (TPSA) is 116 Å². The van der Waals surface area contributed by atoms with E-state index in [1.165, 1.54) is 51.4 Å². The van der Waals surface area contributed by atoms with Gasteiger partial charge in [-0.15, -0.1) is 0 Å². The van der Waals surface area contributed by atoms with Gasteiger partial charge in [-0.2, -0.15) is 0 Å². The minimum Gasteiger partial charge on any atom is -0.481 e. The van der Waals surface area contributed by atoms with Crippen molar-refractivity contribution in [3.05, 3.63) is 24.3 Å². The molecule has 0 heterocycles. The number of carbonyl (C=O) groups is 2. The average Bonchev–Trinajstić information content (AvgIpc) is 2.78. The maximum atomic E-state index is 11.8. The smallest absolute Gasteiger partial charge is 0.300 e. The largest absolute Gasteiger partial charge is 0.481 e. The lowest BCUT2D eigenvalue weighted by atomic mass is 10.1. The van der Waals surface area contributed by atoms with Gasteiger partial charge in [-0.3, -0.25) is 9.59 Å². The summed E-state index contributed by atoms with van der Waals surface area (Å²) < 4.78 is 0. The van der Waals surface area contributed by atoms with E-state index in [4.69, 9.17) is 15.6 Å². The average molecular weight is 469 g/mol. The van der Waals surface area contributed by atoms with Crippen LogP contribution in [0.1, 0.15) is 90.9 Å². The number of nitrogens with one attached hydrogen (secondary N) is 3. The number of rotatable bonds is 22. The molecule has 0 saturated heterocycles. The van der Waals surface area contributed by atoms with Crippen molar-refractivity contribution in [2.45, 2.75) is 90.9 Å². The molecule has 1 amide bonds. The molecule has 0 aliphatic rings. The van der Waals surface area contributed by atoms with Crippen LogP contribution in [0, 0.1) is 0 Å². The highest BCUT2D eigenvalue weighted by Gasteiger charge is 2.00. The molecule has 0 spiro atoms. The fraction of sp³-hybridized carbons (Fsp3) is 0.769. The Morgan fingerprint density at radius 2 is 1.27 bits per heavy atom. The number of allylic oxidation sites excluding steroid dienone is 4. The van der Waals surface area contributed by atoms with Gasteiger partial charge in [0.05, 0.1) is 0 Å². The molecule has 33 heavy (non-hydrogen) atoms. The first-order valence-electron chi connectivity index (χ1n) is 12.9. The van der Waals surface area contributed by atoms with E-state index >= 15 is 0 Å². The Hall–Kier alpha value is -1.70. The maximum absolute atomic E-state index is 11.8. The van der Waals surface area contributed by atoms with E-state index in [-0.39, 0.29) is 5.91 Å². The second kappa shape index (κ2) is 30.3. The normalized spacial score (nSPS) is 11.0. The van der Waals surface area contributed by atoms with Crippen molar-refractivity contribution in [1.29, 1.82) is 0 Å². The summed E-state index contributed by atoms with van der Waals surface area (Å²) in [7, 11) is 0. The Morgan fingerprint density at radius 1 is 0.758 bits per heavy atom. The molecule has 0 aromatic rings. The van der Waals surface area contributed by atoms with Gasteiger partial charge in [0.2, 0.25) is 5.91 Å². The number of hydrogen-bond donors (Lipinski definition) is 5. The molecule has 0 aromatic heterocycles. The maximum Gasteiger partial charge on any atom is 0.300 e. The van der Waals surface area contributed by atoms with Crippen LogP contribution in [0.15, 0.2) is 24.3 Å². The van der Waals surface area contributed by atoms with E-state index in [1.54, 1.807) is 0 Å². The van der Waals surface area contributed by atoms with Crippen LogP contribution in [0.5, 0.6) is 0 Å². The summed E-state index contributed by atoms with van der Waals surface area (Å²) in [5.74, 6) is -0.654. The summed E-state index contributed by atoms with van der Waals surface area (Å²) >= 11 is 0. The molecular formula is C26H52N4O3. The van der Waals surface area contributed by atoms with E-state index in [9.17, 15) is 4.79 Å². The number of unbranched alkanes of at least 4 members (excludes halogenated alkanes) is 8. The Bertz CT molecular complexity index is 478. The number of hydrogen-bond acceptors (Lipinski definition) is 5. The first kappa shape index (κ1) is 33.5. The van der Waals surface area contributed by atoms with Crippen LogP contribution in [-0.4, -0.2) is 56.3 Å². The molecule has 0 aromatic carbocycles. The van der Waals surface area contributed by atoms with Gasteiger partial charge >= 0.3 is 0 Å². The van der Waals surface area contributed by atoms with E-state index < -0.39 is 5.97 Å². The van der Waals surface area contributed by atoms with Gasteiger partial charge in [0.15, 0.2) is 0 Å². The first-order valence-corrected chi connectivity index (χ1v) is 12.9. The third kappa shape index (κ3) is 37.9. The lowest BCUT2D eigenvalue weighted by Crippen LogP contribution is -2.35. The Kier molecular flexibility index (Phi) is 30.7. The summed E-state index contributed by atoms with van der Waals surface area (Å²) in [5, 5.41) is 16.9. The van der Waals surface area contributed by atoms with Crippen LogP contribution in [0.4, 0.5) is 0 Å². The van der Waals surface area contributed by atoms with Crippen LogP contribution in [-0.2, 0) is 9.59 Å². The summed E-state index contributed by atoms with van der Waals surface area (Å²) in [4.78, 5) is 20.8. The minimum atomic E-state index is -0.833. The standard InChI is InChI=1S/C24H48N4O.C2H4O2/c1-2-3-4-5-6-7-8-9-10-11-12-13-14-15-16-17-24(29)28-23-22-27-21-20-26-19-18-25;1-2(3)4/h6-7,9-10,26-27H,2-5,8,11-23,25H2,1H3,(H,28,29);1H3,(H,3,4). The second-order valence-corrected chi connectivity index (χ2v) is 8.14. The predicted octanol–water partition coefficient (Wildman–Crippen LogP) is 4.14. The van der Waals surface area contributed by atoms with Gasteiger partial charge < -0.3 is 26.8 Å². The summed E-state index contributed by atoms with van der Waals surface area (Å²) in [6.07, 6.45) is 23.2. The predicted molar refractivity (Wildman–Crippen MR) is 140 cm³/mol. The molecular weight excluding hydrogens is 416 g/mol. The van der Waals surface area contributed by atoms with Crippen molar-refractivity contribution < 1.29 is 14.7 Å². The van der Waals surface area contributed by atoms with Gasteiger partial charge in [0, 0.05) is 52.6 Å². The molecule has 0 bridgehead atoms. The molecule has 0 aliphatic carbocycles. The van der Waals surface area contributed by atoms with Crippen molar-refractivity contribution in [2.24, 2.45) is 5.73 Å². The number of nitrogens with two attached hydrogens (primary N) is 1. The van der Waals surface area contributed by atoms with Gasteiger partial charge in [0.25, 0.3) is 5.97 Å². The Balaban J connectivity index is 0. The van der Waals surface area contributed by atoms with Crippen molar-refractivity contribution in [3.63, 3.8) is 0 Å². The molecule has 0 rings (SSSR count). The molecule has 0 atom stereocenters. The van der Waals surface area contributed by atoms with Gasteiger partial charge in [-0.1, -0.05) is 63.3 Å². The molecule has 0 aliphatic heterocycles. The lowest BCUT2D eigenvalue weighted by molar-refractivity contribution is -0.134. The first-order chi connectivity index (χ1) is 16.0. The van der Waals surface area contributed by atoms with Gasteiger partial charge in [0.1, 0.15) is 0 Å². The van der Waals surface area contributed by atoms with E-state index in [2.05, 4.69) is 47.2 Å². The monoisotopic (exact) mass is 468 g/mol. The van der Waals surface area contributed by atoms with Crippen molar-refractivity contribution in [2.75, 3.05) is 39.3 Å². The molecule has 0 unspecified atom stereocenters. The van der Waals surface area contributed by atoms with Crippen LogP contribution in [0.25, 0.3) is 0 Å². The highest BCUT2D eigenvalue weighted by Crippen LogP contribution is 2.08. The second-order valence-electron chi connectivity index (χ2n) is 8.14. The Morgan fingerprint density at radius 3 is 1.88 bits per heavy atom. The zero-order valence-corrected chi connectivity index (χ0v) is 21.4. The number of carbonyl (C=O) groups excluding carboxylic acids is 1. The number of aliphatic carboxylic acids is 1. The third-order valence-electron chi connectivity index (χ3n) is 4.78. The lowest BCUT2D eigenvalue weighted by Gasteiger charge is -2.07. The zero-order chi connectivity index (χ0) is 24.8. The van der Waals surface area contributed by atoms with E-state index in [0.29, 0.717) is 19.5 Å². The minimum absolute atomic E-state index is 0.179. The van der Waals surface area contributed by atoms with Crippen LogP contribution in [0.3, 0.4) is 0 Å². The fourth-order valence-corrected chi connectivity index (χ4v) is 3.00. The van der Waals surface area contributed by atoms with E-state index in [0.717, 1.165) is 52.4 Å². The van der Waals surface area contributed by atoms with E-state index in [1.807, 2.05) is 0 Å². The third-order valence-corrected chi connectivity index (χ3v) is 4.78. The molecule has 0 radical (unpaired) electrons. The fourth-order valence-electron chi connectivity index (χ4n) is 3.00. The molecule has 194 valence electrons. The molecule has 0 saturated carbocycles.